The van der Waals surface area contributed by atoms with E-state index in [-0.39, 0.29) is 0 Å². The third-order valence-electron chi connectivity index (χ3n) is 4.21. The quantitative estimate of drug-likeness (QED) is 0.907. The number of benzene rings is 2. The Bertz CT molecular complexity index is 559. The highest BCUT2D eigenvalue weighted by molar-refractivity contribution is 5.94. The van der Waals surface area contributed by atoms with Gasteiger partial charge in [0.05, 0.1) is 0 Å². The maximum absolute atomic E-state index is 3.68. The smallest absolute Gasteiger partial charge is 0.0446 e. The molecule has 1 atom stereocenters. The summed E-state index contributed by atoms with van der Waals surface area (Å²) in [5, 5.41) is 6.40. The average molecular weight is 268 g/mol. The van der Waals surface area contributed by atoms with Crippen LogP contribution in [-0.2, 0) is 0 Å². The second-order valence-electron chi connectivity index (χ2n) is 5.74. The van der Waals surface area contributed by atoms with Gasteiger partial charge in [-0.3, -0.25) is 0 Å². The first kappa shape index (κ1) is 13.4. The van der Waals surface area contributed by atoms with Crippen molar-refractivity contribution < 1.29 is 0 Å². The highest BCUT2D eigenvalue weighted by Crippen LogP contribution is 2.28. The molecular weight excluding hydrogens is 244 g/mol. The van der Waals surface area contributed by atoms with Crippen LogP contribution in [0.15, 0.2) is 42.5 Å². The number of hydrogen-bond donors (Lipinski definition) is 1. The highest BCUT2D eigenvalue weighted by Gasteiger charge is 2.20. The molecule has 0 spiro atoms. The Morgan fingerprint density at radius 1 is 1.15 bits per heavy atom. The lowest BCUT2D eigenvalue weighted by Crippen LogP contribution is -2.46. The minimum atomic E-state index is 0.641. The van der Waals surface area contributed by atoms with Crippen LogP contribution in [0.3, 0.4) is 0 Å². The molecule has 2 nitrogen and oxygen atoms in total. The number of anilines is 1. The predicted molar refractivity (Wildman–Crippen MR) is 87.5 cm³/mol. The van der Waals surface area contributed by atoms with Crippen molar-refractivity contribution in [2.45, 2.75) is 32.2 Å². The molecule has 1 fully saturated rings. The summed E-state index contributed by atoms with van der Waals surface area (Å²) in [6.07, 6.45) is 3.80. The van der Waals surface area contributed by atoms with Crippen molar-refractivity contribution in [1.82, 2.24) is 5.32 Å². The molecule has 0 saturated carbocycles. The first-order valence-corrected chi connectivity index (χ1v) is 7.84. The second-order valence-corrected chi connectivity index (χ2v) is 5.74. The number of piperidine rings is 1. The molecular formula is C18H24N2. The van der Waals surface area contributed by atoms with Crippen molar-refractivity contribution in [2.75, 3.05) is 24.5 Å². The zero-order valence-electron chi connectivity index (χ0n) is 12.3. The fourth-order valence-electron chi connectivity index (χ4n) is 3.20. The molecule has 1 aliphatic rings. The van der Waals surface area contributed by atoms with Crippen molar-refractivity contribution in [2.24, 2.45) is 0 Å². The Morgan fingerprint density at radius 3 is 2.90 bits per heavy atom. The third kappa shape index (κ3) is 2.80. The SMILES string of the molecule is CCCNC1CCCN(c2cccc3ccccc23)C1. The van der Waals surface area contributed by atoms with E-state index in [2.05, 4.69) is 59.6 Å². The minimum Gasteiger partial charge on any atom is -0.369 e. The Balaban J connectivity index is 1.83. The van der Waals surface area contributed by atoms with E-state index in [1.807, 2.05) is 0 Å². The van der Waals surface area contributed by atoms with Crippen LogP contribution >= 0.6 is 0 Å². The molecule has 0 aromatic heterocycles. The number of nitrogens with one attached hydrogen (secondary N) is 1. The highest BCUT2D eigenvalue weighted by atomic mass is 15.2. The molecule has 1 aliphatic heterocycles. The maximum Gasteiger partial charge on any atom is 0.0446 e. The summed E-state index contributed by atoms with van der Waals surface area (Å²) in [6, 6.07) is 16.0. The van der Waals surface area contributed by atoms with Gasteiger partial charge < -0.3 is 10.2 Å². The van der Waals surface area contributed by atoms with Crippen LogP contribution in [0, 0.1) is 0 Å². The fraction of sp³-hybridized carbons (Fsp3) is 0.444. The van der Waals surface area contributed by atoms with Gasteiger partial charge in [-0.2, -0.15) is 0 Å². The van der Waals surface area contributed by atoms with E-state index in [0.717, 1.165) is 13.1 Å². The number of nitrogens with zero attached hydrogens (tertiary/aromatic N) is 1. The number of fused-ring (bicyclic) bond motifs is 1. The van der Waals surface area contributed by atoms with Gasteiger partial charge in [0.1, 0.15) is 0 Å². The normalized spacial score (nSPS) is 19.4. The number of hydrogen-bond acceptors (Lipinski definition) is 2. The lowest BCUT2D eigenvalue weighted by molar-refractivity contribution is 0.424. The van der Waals surface area contributed by atoms with Crippen LogP contribution in [0.2, 0.25) is 0 Å². The molecule has 3 rings (SSSR count). The van der Waals surface area contributed by atoms with Crippen molar-refractivity contribution >= 4 is 16.5 Å². The van der Waals surface area contributed by atoms with Gasteiger partial charge in [0.25, 0.3) is 0 Å². The molecule has 0 amide bonds. The van der Waals surface area contributed by atoms with E-state index in [1.54, 1.807) is 0 Å². The van der Waals surface area contributed by atoms with Gasteiger partial charge in [-0.1, -0.05) is 43.3 Å². The first-order valence-electron chi connectivity index (χ1n) is 7.84. The van der Waals surface area contributed by atoms with Crippen LogP contribution in [0.25, 0.3) is 10.8 Å². The largest absolute Gasteiger partial charge is 0.369 e. The summed E-state index contributed by atoms with van der Waals surface area (Å²) in [4.78, 5) is 2.55. The maximum atomic E-state index is 3.68. The topological polar surface area (TPSA) is 15.3 Å². The van der Waals surface area contributed by atoms with Crippen LogP contribution in [0.1, 0.15) is 26.2 Å². The van der Waals surface area contributed by atoms with Gasteiger partial charge in [0.15, 0.2) is 0 Å². The average Bonchev–Trinajstić information content (AvgIpc) is 2.52. The van der Waals surface area contributed by atoms with E-state index in [1.165, 1.54) is 42.3 Å². The van der Waals surface area contributed by atoms with E-state index in [4.69, 9.17) is 0 Å². The monoisotopic (exact) mass is 268 g/mol. The van der Waals surface area contributed by atoms with Crippen LogP contribution < -0.4 is 10.2 Å². The Labute approximate surface area is 121 Å². The molecule has 20 heavy (non-hydrogen) atoms. The molecule has 1 N–H and O–H groups in total. The van der Waals surface area contributed by atoms with Crippen molar-refractivity contribution in [3.8, 4) is 0 Å². The van der Waals surface area contributed by atoms with Gasteiger partial charge in [-0.05, 0) is 37.3 Å². The summed E-state index contributed by atoms with van der Waals surface area (Å²) >= 11 is 0. The van der Waals surface area contributed by atoms with Gasteiger partial charge in [0, 0.05) is 30.2 Å². The Hall–Kier alpha value is -1.54. The third-order valence-corrected chi connectivity index (χ3v) is 4.21. The van der Waals surface area contributed by atoms with Gasteiger partial charge in [0.2, 0.25) is 0 Å². The summed E-state index contributed by atoms with van der Waals surface area (Å²) in [5.74, 6) is 0. The van der Waals surface area contributed by atoms with Gasteiger partial charge >= 0.3 is 0 Å². The lowest BCUT2D eigenvalue weighted by atomic mass is 10.0. The standard InChI is InChI=1S/C18H24N2/c1-2-12-19-16-9-6-13-20(14-16)18-11-5-8-15-7-3-4-10-17(15)18/h3-5,7-8,10-11,16,19H,2,6,9,12-14H2,1H3. The predicted octanol–water partition coefficient (Wildman–Crippen LogP) is 3.81. The van der Waals surface area contributed by atoms with E-state index < -0.39 is 0 Å². The molecule has 2 aromatic rings. The van der Waals surface area contributed by atoms with Gasteiger partial charge in [-0.15, -0.1) is 0 Å². The van der Waals surface area contributed by atoms with Gasteiger partial charge in [-0.25, -0.2) is 0 Å². The summed E-state index contributed by atoms with van der Waals surface area (Å²) in [7, 11) is 0. The second kappa shape index (κ2) is 6.27. The van der Waals surface area contributed by atoms with Crippen molar-refractivity contribution in [1.29, 1.82) is 0 Å². The van der Waals surface area contributed by atoms with Crippen molar-refractivity contribution in [3.05, 3.63) is 42.5 Å². The molecule has 0 bridgehead atoms. The Kier molecular flexibility index (Phi) is 4.22. The Morgan fingerprint density at radius 2 is 2.00 bits per heavy atom. The molecule has 1 saturated heterocycles. The first-order chi connectivity index (χ1) is 9.88. The molecule has 2 heteroatoms. The molecule has 0 radical (unpaired) electrons. The summed E-state index contributed by atoms with van der Waals surface area (Å²) in [6.45, 7) is 5.68. The van der Waals surface area contributed by atoms with Crippen LogP contribution in [0.4, 0.5) is 5.69 Å². The van der Waals surface area contributed by atoms with Crippen molar-refractivity contribution in [3.63, 3.8) is 0 Å². The van der Waals surface area contributed by atoms with Crippen LogP contribution in [0.5, 0.6) is 0 Å². The summed E-state index contributed by atoms with van der Waals surface area (Å²) in [5.41, 5.74) is 1.39. The number of rotatable bonds is 4. The molecule has 1 heterocycles. The van der Waals surface area contributed by atoms with E-state index in [0.29, 0.717) is 6.04 Å². The van der Waals surface area contributed by atoms with E-state index in [9.17, 15) is 0 Å². The van der Waals surface area contributed by atoms with Crippen LogP contribution in [-0.4, -0.2) is 25.7 Å². The zero-order chi connectivity index (χ0) is 13.8. The summed E-state index contributed by atoms with van der Waals surface area (Å²) < 4.78 is 0. The molecule has 106 valence electrons. The molecule has 1 unspecified atom stereocenters. The fourth-order valence-corrected chi connectivity index (χ4v) is 3.20. The zero-order valence-corrected chi connectivity index (χ0v) is 12.3. The minimum absolute atomic E-state index is 0.641. The molecule has 2 aromatic carbocycles. The molecule has 0 aliphatic carbocycles. The lowest BCUT2D eigenvalue weighted by Gasteiger charge is -2.35. The van der Waals surface area contributed by atoms with E-state index >= 15 is 0 Å².